The van der Waals surface area contributed by atoms with Crippen LogP contribution in [0.15, 0.2) is 0 Å². The van der Waals surface area contributed by atoms with Crippen LogP contribution in [-0.2, 0) is 17.2 Å². The van der Waals surface area contributed by atoms with Crippen LogP contribution in [0.2, 0.25) is 20.1 Å². The molecule has 0 bridgehead atoms. The standard InChI is InChI=1S/2C9H6Cl5NO3/c2*1-3(16)18-6-4(10)7(9(12,13)14)15-8(17-2)5(6)11/h2*1-2H3. The minimum absolute atomic E-state index is 0.0707. The molecule has 0 N–H and O–H groups in total. The normalized spacial score (nSPS) is 11.3. The molecule has 0 radical (unpaired) electrons. The van der Waals surface area contributed by atoms with E-state index in [4.69, 9.17) is 135 Å². The Kier molecular flexibility index (Phi) is 12.8. The van der Waals surface area contributed by atoms with Crippen LogP contribution < -0.4 is 18.9 Å². The van der Waals surface area contributed by atoms with E-state index in [-0.39, 0.29) is 54.7 Å². The summed E-state index contributed by atoms with van der Waals surface area (Å²) < 4.78 is 15.7. The van der Waals surface area contributed by atoms with Gasteiger partial charge in [0.1, 0.15) is 31.5 Å². The molecule has 0 unspecified atom stereocenters. The van der Waals surface area contributed by atoms with Crippen LogP contribution in [0, 0.1) is 0 Å². The number of hydrogen-bond donors (Lipinski definition) is 0. The zero-order chi connectivity index (χ0) is 28.2. The summed E-state index contributed by atoms with van der Waals surface area (Å²) in [4.78, 5) is 29.7. The van der Waals surface area contributed by atoms with Crippen molar-refractivity contribution in [3.63, 3.8) is 0 Å². The summed E-state index contributed by atoms with van der Waals surface area (Å²) in [5, 5.41) is -0.515. The molecule has 2 heterocycles. The van der Waals surface area contributed by atoms with E-state index < -0.39 is 19.5 Å². The number of nitrogens with zero attached hydrogens (tertiary/aromatic N) is 2. The first kappa shape index (κ1) is 33.8. The maximum absolute atomic E-state index is 11.0. The van der Waals surface area contributed by atoms with Crippen molar-refractivity contribution in [3.8, 4) is 23.3 Å². The average molecular weight is 707 g/mol. The van der Waals surface area contributed by atoms with Crippen molar-refractivity contribution >= 4 is 128 Å². The molecule has 0 spiro atoms. The Hall–Kier alpha value is -0.260. The summed E-state index contributed by atoms with van der Waals surface area (Å²) in [5.74, 6) is -1.75. The predicted molar refractivity (Wildman–Crippen MR) is 143 cm³/mol. The SMILES string of the molecule is COc1nc(C(Cl)(Cl)Cl)c(Cl)c(OC(C)=O)c1Cl.COc1nc(C(Cl)(Cl)Cl)c(Cl)c(OC(C)=O)c1Cl. The molecule has 36 heavy (non-hydrogen) atoms. The zero-order valence-corrected chi connectivity index (χ0v) is 25.7. The van der Waals surface area contributed by atoms with Gasteiger partial charge >= 0.3 is 11.9 Å². The van der Waals surface area contributed by atoms with Gasteiger partial charge in [0, 0.05) is 13.8 Å². The minimum atomic E-state index is -1.91. The van der Waals surface area contributed by atoms with Gasteiger partial charge in [-0.15, -0.1) is 0 Å². The van der Waals surface area contributed by atoms with Gasteiger partial charge in [-0.3, -0.25) is 9.59 Å². The minimum Gasteiger partial charge on any atom is -0.480 e. The third-order valence-corrected chi connectivity index (χ3v) is 5.87. The van der Waals surface area contributed by atoms with Crippen LogP contribution in [0.1, 0.15) is 25.2 Å². The van der Waals surface area contributed by atoms with Crippen LogP contribution in [0.25, 0.3) is 0 Å². The lowest BCUT2D eigenvalue weighted by Crippen LogP contribution is -2.10. The maximum atomic E-state index is 11.0. The lowest BCUT2D eigenvalue weighted by Gasteiger charge is -2.17. The number of halogens is 10. The highest BCUT2D eigenvalue weighted by molar-refractivity contribution is 6.67. The molecule has 0 saturated carbocycles. The quantitative estimate of drug-likeness (QED) is 0.232. The molecule has 0 aliphatic carbocycles. The van der Waals surface area contributed by atoms with Gasteiger partial charge in [0.25, 0.3) is 0 Å². The second-order valence-corrected chi connectivity index (χ2v) is 12.1. The molecule has 0 fully saturated rings. The fourth-order valence-corrected chi connectivity index (χ4v) is 4.46. The molecule has 0 aliphatic rings. The Labute approximate surface area is 255 Å². The summed E-state index contributed by atoms with van der Waals surface area (Å²) >= 11 is 57.9. The summed E-state index contributed by atoms with van der Waals surface area (Å²) in [6.07, 6.45) is 0. The Bertz CT molecular complexity index is 1060. The van der Waals surface area contributed by atoms with E-state index >= 15 is 0 Å². The molecule has 2 aromatic rings. The predicted octanol–water partition coefficient (Wildman–Crippen LogP) is 8.30. The van der Waals surface area contributed by atoms with Crippen molar-refractivity contribution in [2.75, 3.05) is 14.2 Å². The van der Waals surface area contributed by atoms with Gasteiger partial charge in [0.05, 0.1) is 14.2 Å². The van der Waals surface area contributed by atoms with E-state index in [1.54, 1.807) is 0 Å². The summed E-state index contributed by atoms with van der Waals surface area (Å²) in [7, 11) is 2.61. The van der Waals surface area contributed by atoms with Crippen LogP contribution >= 0.6 is 116 Å². The molecule has 0 amide bonds. The number of pyridine rings is 2. The summed E-state index contributed by atoms with van der Waals surface area (Å²) in [6, 6.07) is 0. The van der Waals surface area contributed by atoms with Crippen molar-refractivity contribution in [2.24, 2.45) is 0 Å². The summed E-state index contributed by atoms with van der Waals surface area (Å²) in [6.45, 7) is 2.35. The van der Waals surface area contributed by atoms with E-state index in [1.807, 2.05) is 0 Å². The highest BCUT2D eigenvalue weighted by atomic mass is 35.6. The number of alkyl halides is 6. The first-order chi connectivity index (χ1) is 16.4. The number of hydrogen-bond acceptors (Lipinski definition) is 8. The highest BCUT2D eigenvalue weighted by Crippen LogP contribution is 2.49. The third-order valence-electron chi connectivity index (χ3n) is 3.43. The van der Waals surface area contributed by atoms with Crippen molar-refractivity contribution in [1.29, 1.82) is 0 Å². The van der Waals surface area contributed by atoms with Gasteiger partial charge in [-0.25, -0.2) is 9.97 Å². The third kappa shape index (κ3) is 8.90. The lowest BCUT2D eigenvalue weighted by molar-refractivity contribution is -0.132. The molecular formula is C18H12Cl10N2O6. The van der Waals surface area contributed by atoms with Crippen LogP contribution in [0.5, 0.6) is 23.3 Å². The van der Waals surface area contributed by atoms with Gasteiger partial charge < -0.3 is 18.9 Å². The second-order valence-electron chi connectivity index (χ2n) is 6.04. The van der Waals surface area contributed by atoms with E-state index in [0.717, 1.165) is 0 Å². The zero-order valence-electron chi connectivity index (χ0n) is 18.1. The Morgan fingerprint density at radius 3 is 1.08 bits per heavy atom. The average Bonchev–Trinajstić information content (AvgIpc) is 2.72. The summed E-state index contributed by atoms with van der Waals surface area (Å²) in [5.41, 5.74) is -0.293. The van der Waals surface area contributed by atoms with Crippen molar-refractivity contribution in [1.82, 2.24) is 9.97 Å². The molecule has 2 aromatic heterocycles. The number of esters is 2. The number of carbonyl (C=O) groups is 2. The molecule has 0 aliphatic heterocycles. The van der Waals surface area contributed by atoms with E-state index in [1.165, 1.54) is 28.1 Å². The lowest BCUT2D eigenvalue weighted by atomic mass is 10.3. The van der Waals surface area contributed by atoms with Gasteiger partial charge in [0.2, 0.25) is 19.3 Å². The number of carbonyl (C=O) groups excluding carboxylic acids is 2. The fraction of sp³-hybridized carbons (Fsp3) is 0.333. The molecule has 0 atom stereocenters. The number of aromatic nitrogens is 2. The Balaban J connectivity index is 0.000000360. The van der Waals surface area contributed by atoms with Gasteiger partial charge in [0.15, 0.2) is 11.5 Å². The van der Waals surface area contributed by atoms with Crippen molar-refractivity contribution < 1.29 is 28.5 Å². The van der Waals surface area contributed by atoms with E-state index in [2.05, 4.69) is 9.97 Å². The molecule has 0 saturated heterocycles. The van der Waals surface area contributed by atoms with Gasteiger partial charge in [-0.2, -0.15) is 0 Å². The van der Waals surface area contributed by atoms with Gasteiger partial charge in [-0.1, -0.05) is 116 Å². The topological polar surface area (TPSA) is 96.8 Å². The molecule has 0 aromatic carbocycles. The maximum Gasteiger partial charge on any atom is 0.308 e. The monoisotopic (exact) mass is 702 g/mol. The van der Waals surface area contributed by atoms with Crippen molar-refractivity contribution in [3.05, 3.63) is 31.5 Å². The number of ether oxygens (including phenoxy) is 4. The molecule has 200 valence electrons. The molecule has 8 nitrogen and oxygen atoms in total. The first-order valence-electron chi connectivity index (χ1n) is 8.73. The Morgan fingerprint density at radius 2 is 0.889 bits per heavy atom. The Morgan fingerprint density at radius 1 is 0.611 bits per heavy atom. The van der Waals surface area contributed by atoms with Crippen molar-refractivity contribution in [2.45, 2.75) is 21.4 Å². The van der Waals surface area contributed by atoms with Crippen LogP contribution in [0.3, 0.4) is 0 Å². The molecular weight excluding hydrogens is 695 g/mol. The van der Waals surface area contributed by atoms with Crippen LogP contribution in [-0.4, -0.2) is 36.1 Å². The smallest absolute Gasteiger partial charge is 0.308 e. The first-order valence-corrected chi connectivity index (χ1v) is 12.5. The van der Waals surface area contributed by atoms with Gasteiger partial charge in [-0.05, 0) is 0 Å². The second kappa shape index (κ2) is 13.7. The number of rotatable bonds is 4. The van der Waals surface area contributed by atoms with E-state index in [0.29, 0.717) is 0 Å². The fourth-order valence-electron chi connectivity index (χ4n) is 2.11. The largest absolute Gasteiger partial charge is 0.480 e. The van der Waals surface area contributed by atoms with Crippen LogP contribution in [0.4, 0.5) is 0 Å². The number of methoxy groups -OCH3 is 2. The van der Waals surface area contributed by atoms with E-state index in [9.17, 15) is 9.59 Å². The molecule has 18 heteroatoms. The highest BCUT2D eigenvalue weighted by Gasteiger charge is 2.34. The molecule has 2 rings (SSSR count).